The molecule has 4 aromatic carbocycles. The summed E-state index contributed by atoms with van der Waals surface area (Å²) in [6.07, 6.45) is 9.06. The first-order valence-electron chi connectivity index (χ1n) is 18.3. The standard InChI is InChI=1S/C48H40N4.Zn/c1-29-5-13-33(14-6-29)45-37-21-23-39(49-37)46(34-15-7-30(2)8-16-34)41-25-27-43(51-41)48(36-19-11-32(4)12-20-36)44-28-26-42(52-44)47(40-24-22-38(45)50-40)35-17-9-31(3)10-18-35;/h5-25,46H,26-28H2,1-4H3;/q-2;+2. The number of benzene rings is 4. The second-order valence-corrected chi connectivity index (χ2v) is 14.4. The molecule has 0 saturated carbocycles. The van der Waals surface area contributed by atoms with Crippen molar-refractivity contribution >= 4 is 28.1 Å². The molecule has 4 aliphatic heterocycles. The van der Waals surface area contributed by atoms with E-state index in [-0.39, 0.29) is 25.4 Å². The Bertz CT molecular complexity index is 2440. The first-order valence-corrected chi connectivity index (χ1v) is 18.3. The SMILES string of the molecule is Cc1ccc(C2=C3CC=C([N-]3)C(c3ccc(C)cc3)C3=NC(=C(c4ccc(C)cc4)c4ccc([n-]4)C(c4ccc(C)cc4)=C4CCC2=N4)C=C3)cc1.[Zn+2]. The van der Waals surface area contributed by atoms with E-state index in [1.54, 1.807) is 0 Å². The minimum Gasteiger partial charge on any atom is -0.663 e. The fourth-order valence-corrected chi connectivity index (χ4v) is 7.78. The van der Waals surface area contributed by atoms with Gasteiger partial charge in [-0.3, -0.25) is 9.98 Å². The van der Waals surface area contributed by atoms with Crippen LogP contribution in [0.3, 0.4) is 0 Å². The summed E-state index contributed by atoms with van der Waals surface area (Å²) in [5, 5.41) is 5.50. The van der Waals surface area contributed by atoms with Gasteiger partial charge in [0.1, 0.15) is 0 Å². The minimum absolute atomic E-state index is 0. The predicted molar refractivity (Wildman–Crippen MR) is 215 cm³/mol. The van der Waals surface area contributed by atoms with E-state index in [1.807, 2.05) is 0 Å². The van der Waals surface area contributed by atoms with Crippen LogP contribution < -0.4 is 4.98 Å². The molecule has 0 fully saturated rings. The van der Waals surface area contributed by atoms with Crippen LogP contribution in [0.2, 0.25) is 0 Å². The van der Waals surface area contributed by atoms with Gasteiger partial charge in [-0.1, -0.05) is 138 Å². The van der Waals surface area contributed by atoms with E-state index in [1.165, 1.54) is 27.8 Å². The average molecular weight is 738 g/mol. The Hall–Kier alpha value is -5.38. The van der Waals surface area contributed by atoms with E-state index in [0.29, 0.717) is 0 Å². The number of aliphatic imine (C=N–C) groups is 2. The first kappa shape index (κ1) is 34.7. The fraction of sp³-hybridized carbons (Fsp3) is 0.167. The zero-order valence-electron chi connectivity index (χ0n) is 30.8. The van der Waals surface area contributed by atoms with E-state index in [4.69, 9.17) is 20.3 Å². The smallest absolute Gasteiger partial charge is 0.663 e. The Balaban J connectivity index is 0.00000400. The van der Waals surface area contributed by atoms with E-state index in [9.17, 15) is 0 Å². The summed E-state index contributed by atoms with van der Waals surface area (Å²) >= 11 is 0. The van der Waals surface area contributed by atoms with Crippen LogP contribution in [0, 0.1) is 27.7 Å². The van der Waals surface area contributed by atoms with Gasteiger partial charge < -0.3 is 10.3 Å². The number of hydrogen-bond acceptors (Lipinski definition) is 2. The second kappa shape index (κ2) is 14.2. The van der Waals surface area contributed by atoms with Crippen molar-refractivity contribution < 1.29 is 19.5 Å². The third kappa shape index (κ3) is 6.60. The topological polar surface area (TPSA) is 52.9 Å². The number of allylic oxidation sites excluding steroid dienone is 6. The van der Waals surface area contributed by atoms with Gasteiger partial charge in [0.05, 0.1) is 11.4 Å². The first-order chi connectivity index (χ1) is 25.4. The Morgan fingerprint density at radius 2 is 1.08 bits per heavy atom. The summed E-state index contributed by atoms with van der Waals surface area (Å²) in [4.78, 5) is 16.4. The molecule has 1 unspecified atom stereocenters. The van der Waals surface area contributed by atoms with Gasteiger partial charge in [0.15, 0.2) is 0 Å². The molecule has 1 atom stereocenters. The third-order valence-electron chi connectivity index (χ3n) is 10.6. The normalized spacial score (nSPS) is 17.8. The van der Waals surface area contributed by atoms with Crippen LogP contribution in [-0.2, 0) is 19.5 Å². The molecule has 254 valence electrons. The molecule has 8 bridgehead atoms. The van der Waals surface area contributed by atoms with E-state index in [0.717, 1.165) is 98.3 Å². The third-order valence-corrected chi connectivity index (χ3v) is 10.6. The molecule has 5 aromatic rings. The zero-order valence-corrected chi connectivity index (χ0v) is 33.8. The van der Waals surface area contributed by atoms with Gasteiger partial charge in [0.2, 0.25) is 0 Å². The van der Waals surface area contributed by atoms with Crippen molar-refractivity contribution in [3.8, 4) is 0 Å². The number of nitrogens with zero attached hydrogens (tertiary/aromatic N) is 4. The van der Waals surface area contributed by atoms with Crippen molar-refractivity contribution in [1.29, 1.82) is 0 Å². The van der Waals surface area contributed by atoms with Crippen LogP contribution in [0.5, 0.6) is 0 Å². The maximum Gasteiger partial charge on any atom is 2.00 e. The number of fused-ring (bicyclic) bond motifs is 6. The van der Waals surface area contributed by atoms with Crippen molar-refractivity contribution in [2.75, 3.05) is 0 Å². The van der Waals surface area contributed by atoms with Crippen LogP contribution >= 0.6 is 0 Å². The van der Waals surface area contributed by atoms with Crippen LogP contribution in [0.25, 0.3) is 22.0 Å². The van der Waals surface area contributed by atoms with Gasteiger partial charge >= 0.3 is 19.5 Å². The maximum atomic E-state index is 5.51. The molecule has 4 nitrogen and oxygen atoms in total. The minimum atomic E-state index is -0.115. The maximum absolute atomic E-state index is 5.51. The molecule has 0 amide bonds. The number of aryl methyl sites for hydroxylation is 4. The van der Waals surface area contributed by atoms with Gasteiger partial charge in [-0.25, -0.2) is 0 Å². The number of rotatable bonds is 4. The van der Waals surface area contributed by atoms with Crippen LogP contribution in [0.4, 0.5) is 0 Å². The number of aromatic nitrogens is 1. The molecular weight excluding hydrogens is 698 g/mol. The molecule has 1 aromatic heterocycles. The summed E-state index contributed by atoms with van der Waals surface area (Å²) in [5.41, 5.74) is 20.7. The average Bonchev–Trinajstić information content (AvgIpc) is 3.99. The van der Waals surface area contributed by atoms with Crippen LogP contribution in [0.1, 0.15) is 81.1 Å². The summed E-state index contributed by atoms with van der Waals surface area (Å²) in [5.74, 6) is -0.115. The van der Waals surface area contributed by atoms with Gasteiger partial charge in [-0.2, -0.15) is 0 Å². The van der Waals surface area contributed by atoms with Crippen LogP contribution in [-0.4, -0.2) is 11.4 Å². The second-order valence-electron chi connectivity index (χ2n) is 14.4. The van der Waals surface area contributed by atoms with Gasteiger partial charge in [0.25, 0.3) is 0 Å². The summed E-state index contributed by atoms with van der Waals surface area (Å²) in [7, 11) is 0. The van der Waals surface area contributed by atoms with Crippen molar-refractivity contribution in [3.05, 3.63) is 211 Å². The molecule has 0 aliphatic carbocycles. The van der Waals surface area contributed by atoms with Crippen molar-refractivity contribution in [1.82, 2.24) is 4.98 Å². The molecular formula is C48H40N4Zn. The Kier molecular flexibility index (Phi) is 9.31. The molecule has 0 spiro atoms. The molecule has 5 heteroatoms. The van der Waals surface area contributed by atoms with E-state index >= 15 is 0 Å². The van der Waals surface area contributed by atoms with Gasteiger partial charge in [-0.15, -0.1) is 22.8 Å². The quantitative estimate of drug-likeness (QED) is 0.169. The largest absolute Gasteiger partial charge is 2.00 e. The number of hydrogen-bond donors (Lipinski definition) is 0. The molecule has 5 heterocycles. The molecule has 53 heavy (non-hydrogen) atoms. The van der Waals surface area contributed by atoms with Gasteiger partial charge in [0, 0.05) is 17.3 Å². The Labute approximate surface area is 325 Å². The summed E-state index contributed by atoms with van der Waals surface area (Å²) in [6.45, 7) is 8.53. The van der Waals surface area contributed by atoms with E-state index in [2.05, 4.69) is 155 Å². The Morgan fingerprint density at radius 1 is 0.547 bits per heavy atom. The Morgan fingerprint density at radius 3 is 1.68 bits per heavy atom. The van der Waals surface area contributed by atoms with E-state index < -0.39 is 0 Å². The van der Waals surface area contributed by atoms with Crippen molar-refractivity contribution in [2.24, 2.45) is 9.98 Å². The fourth-order valence-electron chi connectivity index (χ4n) is 7.78. The van der Waals surface area contributed by atoms with Crippen molar-refractivity contribution in [2.45, 2.75) is 52.9 Å². The zero-order chi connectivity index (χ0) is 35.3. The summed E-state index contributed by atoms with van der Waals surface area (Å²) < 4.78 is 0. The molecule has 9 rings (SSSR count). The van der Waals surface area contributed by atoms with Crippen LogP contribution in [0.15, 0.2) is 160 Å². The molecule has 0 saturated heterocycles. The van der Waals surface area contributed by atoms with Crippen molar-refractivity contribution in [3.63, 3.8) is 0 Å². The molecule has 4 aliphatic rings. The molecule has 0 radical (unpaired) electrons. The monoisotopic (exact) mass is 736 g/mol. The predicted octanol–water partition coefficient (Wildman–Crippen LogP) is 11.5. The van der Waals surface area contributed by atoms with Gasteiger partial charge in [-0.05, 0) is 98.1 Å². The summed E-state index contributed by atoms with van der Waals surface area (Å²) in [6, 6.07) is 39.5. The molecule has 0 N–H and O–H groups in total.